The Bertz CT molecular complexity index is 1450. The molecular weight excluding hydrogens is 640 g/mol. The summed E-state index contributed by atoms with van der Waals surface area (Å²) in [6, 6.07) is 13.4. The second kappa shape index (κ2) is 19.9. The maximum atomic E-state index is 13.9. The summed E-state index contributed by atoms with van der Waals surface area (Å²) in [5.41, 5.74) is 18.7. The maximum Gasteiger partial charge on any atom is 0.326 e. The van der Waals surface area contributed by atoms with Crippen molar-refractivity contribution in [1.29, 1.82) is 0 Å². The molecule has 2 aromatic carbocycles. The van der Waals surface area contributed by atoms with Gasteiger partial charge in [0.25, 0.3) is 0 Å². The van der Waals surface area contributed by atoms with Gasteiger partial charge in [0, 0.05) is 19.5 Å². The molecule has 1 saturated heterocycles. The number of aliphatic imine (C=N–C) groups is 1. The molecule has 1 aliphatic rings. The third kappa shape index (κ3) is 12.8. The van der Waals surface area contributed by atoms with Crippen LogP contribution in [0.3, 0.4) is 0 Å². The highest BCUT2D eigenvalue weighted by molar-refractivity contribution is 5.95. The Labute approximate surface area is 293 Å². The van der Waals surface area contributed by atoms with E-state index in [2.05, 4.69) is 20.9 Å². The highest BCUT2D eigenvalue weighted by Gasteiger charge is 2.38. The minimum Gasteiger partial charge on any atom is -0.480 e. The lowest BCUT2D eigenvalue weighted by Gasteiger charge is -2.30. The molecule has 2 aromatic rings. The van der Waals surface area contributed by atoms with Crippen LogP contribution in [0.5, 0.6) is 0 Å². The first-order chi connectivity index (χ1) is 23.8. The number of hydrogen-bond acceptors (Lipinski definition) is 7. The number of carbonyl (C=O) groups is 5. The van der Waals surface area contributed by atoms with Crippen LogP contribution in [-0.2, 0) is 36.8 Å². The van der Waals surface area contributed by atoms with E-state index in [1.807, 2.05) is 74.5 Å². The fourth-order valence-electron chi connectivity index (χ4n) is 5.96. The van der Waals surface area contributed by atoms with Gasteiger partial charge in [-0.1, -0.05) is 74.5 Å². The van der Waals surface area contributed by atoms with E-state index in [1.54, 1.807) is 0 Å². The number of nitrogens with one attached hydrogen (secondary N) is 3. The molecule has 4 amide bonds. The molecule has 1 heterocycles. The lowest BCUT2D eigenvalue weighted by atomic mass is 9.99. The van der Waals surface area contributed by atoms with Crippen LogP contribution in [0.2, 0.25) is 0 Å². The number of aliphatic carboxylic acids is 1. The predicted octanol–water partition coefficient (Wildman–Crippen LogP) is 0.819. The minimum atomic E-state index is -1.10. The van der Waals surface area contributed by atoms with Gasteiger partial charge in [0.2, 0.25) is 23.6 Å². The van der Waals surface area contributed by atoms with Crippen molar-refractivity contribution in [3.05, 3.63) is 71.8 Å². The quantitative estimate of drug-likeness (QED) is 0.0626. The molecule has 0 saturated carbocycles. The average Bonchev–Trinajstić information content (AvgIpc) is 3.58. The van der Waals surface area contributed by atoms with Crippen LogP contribution < -0.4 is 33.2 Å². The molecule has 0 bridgehead atoms. The number of guanidine groups is 1. The predicted molar refractivity (Wildman–Crippen MR) is 190 cm³/mol. The molecule has 0 unspecified atom stereocenters. The van der Waals surface area contributed by atoms with Crippen molar-refractivity contribution in [2.24, 2.45) is 28.1 Å². The molecule has 272 valence electrons. The molecule has 10 N–H and O–H groups in total. The molecule has 0 aromatic heterocycles. The Balaban J connectivity index is 1.80. The largest absolute Gasteiger partial charge is 0.480 e. The summed E-state index contributed by atoms with van der Waals surface area (Å²) in [5, 5.41) is 18.1. The first-order valence-corrected chi connectivity index (χ1v) is 17.2. The lowest BCUT2D eigenvalue weighted by molar-refractivity contribution is -0.149. The van der Waals surface area contributed by atoms with Gasteiger partial charge in [0.15, 0.2) is 5.96 Å². The topological polar surface area (TPSA) is 235 Å². The summed E-state index contributed by atoms with van der Waals surface area (Å²) < 4.78 is 0. The summed E-state index contributed by atoms with van der Waals surface area (Å²) in [7, 11) is 0. The Morgan fingerprint density at radius 2 is 1.38 bits per heavy atom. The summed E-state index contributed by atoms with van der Waals surface area (Å²) in [6.45, 7) is 4.38. The number of carbonyl (C=O) groups excluding carboxylic acids is 4. The molecule has 14 nitrogen and oxygen atoms in total. The highest BCUT2D eigenvalue weighted by Crippen LogP contribution is 2.20. The fourth-order valence-corrected chi connectivity index (χ4v) is 5.96. The molecule has 1 aliphatic heterocycles. The highest BCUT2D eigenvalue weighted by atomic mass is 16.4. The van der Waals surface area contributed by atoms with E-state index in [4.69, 9.17) is 17.2 Å². The maximum absolute atomic E-state index is 13.9. The van der Waals surface area contributed by atoms with Crippen LogP contribution in [0, 0.1) is 5.92 Å². The molecule has 14 heteroatoms. The monoisotopic (exact) mass is 692 g/mol. The van der Waals surface area contributed by atoms with Crippen molar-refractivity contribution in [3.8, 4) is 0 Å². The van der Waals surface area contributed by atoms with Crippen molar-refractivity contribution < 1.29 is 29.1 Å². The number of amides is 4. The zero-order valence-corrected chi connectivity index (χ0v) is 28.9. The number of carboxylic acid groups (broad SMARTS) is 1. The zero-order chi connectivity index (χ0) is 36.6. The van der Waals surface area contributed by atoms with Gasteiger partial charge in [-0.15, -0.1) is 0 Å². The van der Waals surface area contributed by atoms with Gasteiger partial charge in [-0.3, -0.25) is 24.2 Å². The summed E-state index contributed by atoms with van der Waals surface area (Å²) in [4.78, 5) is 71.8. The van der Waals surface area contributed by atoms with E-state index >= 15 is 0 Å². The van der Waals surface area contributed by atoms with Crippen LogP contribution in [0.25, 0.3) is 0 Å². The van der Waals surface area contributed by atoms with Gasteiger partial charge in [0.05, 0.1) is 6.04 Å². The van der Waals surface area contributed by atoms with Crippen molar-refractivity contribution in [2.75, 3.05) is 13.1 Å². The van der Waals surface area contributed by atoms with Crippen molar-refractivity contribution in [2.45, 2.75) is 95.4 Å². The number of rotatable bonds is 19. The third-order valence-electron chi connectivity index (χ3n) is 8.52. The number of nitrogens with two attached hydrogens (primary N) is 3. The zero-order valence-electron chi connectivity index (χ0n) is 28.9. The Kier molecular flexibility index (Phi) is 15.7. The molecule has 50 heavy (non-hydrogen) atoms. The van der Waals surface area contributed by atoms with Crippen molar-refractivity contribution in [3.63, 3.8) is 0 Å². The Morgan fingerprint density at radius 3 is 1.96 bits per heavy atom. The van der Waals surface area contributed by atoms with Gasteiger partial charge in [-0.25, -0.2) is 4.79 Å². The normalized spacial score (nSPS) is 16.5. The lowest BCUT2D eigenvalue weighted by Crippen LogP contribution is -2.59. The van der Waals surface area contributed by atoms with Gasteiger partial charge in [0.1, 0.15) is 24.2 Å². The SMILES string of the molecule is CC(C)C[C@@H](NC(=O)[C@@H](Cc1ccccc1)NC(=O)[C@H](N)Cc1ccccc1)C(=O)N[C@H](CCCCN=C(N)N)C(=O)N1CCC[C@H]1C(=O)O. The van der Waals surface area contributed by atoms with E-state index < -0.39 is 59.8 Å². The van der Waals surface area contributed by atoms with Crippen molar-refractivity contribution in [1.82, 2.24) is 20.9 Å². The summed E-state index contributed by atoms with van der Waals surface area (Å²) >= 11 is 0. The number of likely N-dealkylation sites (tertiary alicyclic amines) is 1. The molecule has 3 rings (SSSR count). The number of hydrogen-bond donors (Lipinski definition) is 7. The molecule has 0 spiro atoms. The number of benzene rings is 2. The smallest absolute Gasteiger partial charge is 0.326 e. The number of nitrogens with zero attached hydrogens (tertiary/aromatic N) is 2. The first kappa shape index (κ1) is 39.5. The molecule has 5 atom stereocenters. The van der Waals surface area contributed by atoms with Gasteiger partial charge in [-0.2, -0.15) is 0 Å². The van der Waals surface area contributed by atoms with E-state index in [0.29, 0.717) is 32.2 Å². The van der Waals surface area contributed by atoms with Crippen LogP contribution in [0.15, 0.2) is 65.7 Å². The average molecular weight is 693 g/mol. The summed E-state index contributed by atoms with van der Waals surface area (Å²) in [6.07, 6.45) is 2.71. The standard InChI is InChI=1S/C36H52N8O6/c1-23(2)20-28(32(46)41-27(16-9-10-18-40-36(38)39)34(48)44-19-11-17-30(44)35(49)50)43-33(47)29(22-25-14-7-4-8-15-25)42-31(45)26(37)21-24-12-5-3-6-13-24/h3-8,12-15,23,26-30H,9-11,16-22,37H2,1-2H3,(H,41,46)(H,42,45)(H,43,47)(H,49,50)(H4,38,39,40)/t26-,27-,28-,29-,30+/m1/s1. The molecule has 1 fully saturated rings. The minimum absolute atomic E-state index is 0.0313. The fraction of sp³-hybridized carbons (Fsp3) is 0.500. The molecule has 0 aliphatic carbocycles. The first-order valence-electron chi connectivity index (χ1n) is 17.2. The molecule has 0 radical (unpaired) electrons. The van der Waals surface area contributed by atoms with E-state index in [9.17, 15) is 29.1 Å². The van der Waals surface area contributed by atoms with Crippen LogP contribution in [-0.4, -0.2) is 88.9 Å². The van der Waals surface area contributed by atoms with Gasteiger partial charge in [-0.05, 0) is 62.0 Å². The van der Waals surface area contributed by atoms with Gasteiger partial charge < -0.3 is 43.2 Å². The van der Waals surface area contributed by atoms with E-state index in [-0.39, 0.29) is 44.1 Å². The molecular formula is C36H52N8O6. The Hall–Kier alpha value is -4.98. The van der Waals surface area contributed by atoms with Crippen LogP contribution >= 0.6 is 0 Å². The van der Waals surface area contributed by atoms with Crippen LogP contribution in [0.1, 0.15) is 63.5 Å². The van der Waals surface area contributed by atoms with Gasteiger partial charge >= 0.3 is 5.97 Å². The second-order valence-electron chi connectivity index (χ2n) is 13.1. The third-order valence-corrected chi connectivity index (χ3v) is 8.52. The Morgan fingerprint density at radius 1 is 0.820 bits per heavy atom. The van der Waals surface area contributed by atoms with E-state index in [0.717, 1.165) is 11.1 Å². The van der Waals surface area contributed by atoms with Crippen LogP contribution in [0.4, 0.5) is 0 Å². The van der Waals surface area contributed by atoms with E-state index in [1.165, 1.54) is 4.90 Å². The number of unbranched alkanes of at least 4 members (excludes halogenated alkanes) is 1. The number of carboxylic acids is 1. The van der Waals surface area contributed by atoms with Crippen molar-refractivity contribution >= 4 is 35.6 Å². The summed E-state index contributed by atoms with van der Waals surface area (Å²) in [5.74, 6) is -3.38. The second-order valence-corrected chi connectivity index (χ2v) is 13.1.